The van der Waals surface area contributed by atoms with Crippen molar-refractivity contribution in [2.24, 2.45) is 0 Å². The van der Waals surface area contributed by atoms with Gasteiger partial charge in [-0.25, -0.2) is 0 Å². The number of aromatic nitrogens is 2. The molecule has 0 atom stereocenters. The molecule has 0 aliphatic rings. The minimum absolute atomic E-state index is 0.293. The number of anilines is 1. The van der Waals surface area contributed by atoms with Crippen LogP contribution in [0.2, 0.25) is 0 Å². The first kappa shape index (κ1) is 19.6. The summed E-state index contributed by atoms with van der Waals surface area (Å²) in [5.41, 5.74) is 1.12. The van der Waals surface area contributed by atoms with Crippen LogP contribution >= 0.6 is 39.5 Å². The molecule has 29 heavy (non-hydrogen) atoms. The van der Waals surface area contributed by atoms with E-state index in [1.54, 1.807) is 34.7 Å². The molecule has 0 aliphatic carbocycles. The van der Waals surface area contributed by atoms with Gasteiger partial charge in [-0.3, -0.25) is 14.0 Å². The predicted molar refractivity (Wildman–Crippen MR) is 119 cm³/mol. The molecule has 4 rings (SSSR count). The Labute approximate surface area is 182 Å². The van der Waals surface area contributed by atoms with Gasteiger partial charge in [0.1, 0.15) is 22.0 Å². The number of methoxy groups -OCH3 is 2. The van der Waals surface area contributed by atoms with Crippen molar-refractivity contribution < 1.29 is 14.3 Å². The smallest absolute Gasteiger partial charge is 0.269 e. The van der Waals surface area contributed by atoms with Gasteiger partial charge in [0, 0.05) is 10.5 Å². The number of H-pyrrole nitrogens is 1. The summed E-state index contributed by atoms with van der Waals surface area (Å²) in [6.07, 6.45) is 0. The van der Waals surface area contributed by atoms with Crippen LogP contribution in [0.25, 0.3) is 16.6 Å². The Morgan fingerprint density at radius 2 is 2.00 bits per heavy atom. The SMILES string of the molecule is COc1ccc(OC)c(NC(=O)c2sc(=S)n3c2[nH]c(=O)c2cc(Br)ccc23)c1. The number of nitrogens with one attached hydrogen (secondary N) is 2. The Hall–Kier alpha value is -2.69. The molecule has 0 saturated carbocycles. The highest BCUT2D eigenvalue weighted by atomic mass is 79.9. The van der Waals surface area contributed by atoms with E-state index in [0.717, 1.165) is 15.8 Å². The molecule has 7 nitrogen and oxygen atoms in total. The molecule has 4 aromatic rings. The maximum absolute atomic E-state index is 13.0. The quantitative estimate of drug-likeness (QED) is 0.407. The van der Waals surface area contributed by atoms with E-state index in [0.29, 0.717) is 42.6 Å². The third-order valence-electron chi connectivity index (χ3n) is 4.35. The number of carbonyl (C=O) groups is 1. The highest BCUT2D eigenvalue weighted by Crippen LogP contribution is 2.31. The van der Waals surface area contributed by atoms with Crippen LogP contribution < -0.4 is 20.3 Å². The number of hydrogen-bond donors (Lipinski definition) is 2. The summed E-state index contributed by atoms with van der Waals surface area (Å²) in [5, 5.41) is 3.29. The molecule has 0 aliphatic heterocycles. The lowest BCUT2D eigenvalue weighted by molar-refractivity contribution is 0.103. The van der Waals surface area contributed by atoms with Gasteiger partial charge in [-0.1, -0.05) is 27.3 Å². The van der Waals surface area contributed by atoms with E-state index in [1.807, 2.05) is 6.07 Å². The van der Waals surface area contributed by atoms with Crippen LogP contribution in [0.15, 0.2) is 45.7 Å². The standard InChI is InChI=1S/C19H14BrN3O4S2/c1-26-10-4-6-14(27-2)12(8-10)21-18(25)15-16-22-17(24)11-7-9(20)3-5-13(11)23(16)19(28)29-15/h3-8H,1-2H3,(H,21,25)(H,22,24). The van der Waals surface area contributed by atoms with Crippen molar-refractivity contribution in [3.8, 4) is 11.5 Å². The molecular formula is C19H14BrN3O4S2. The van der Waals surface area contributed by atoms with Crippen molar-refractivity contribution in [2.75, 3.05) is 19.5 Å². The Balaban J connectivity index is 1.86. The van der Waals surface area contributed by atoms with E-state index in [9.17, 15) is 9.59 Å². The second-order valence-electron chi connectivity index (χ2n) is 6.02. The van der Waals surface area contributed by atoms with Crippen LogP contribution in [0.1, 0.15) is 9.67 Å². The normalized spacial score (nSPS) is 11.0. The molecule has 2 N–H and O–H groups in total. The van der Waals surface area contributed by atoms with E-state index in [-0.39, 0.29) is 5.56 Å². The molecule has 2 heterocycles. The van der Waals surface area contributed by atoms with E-state index < -0.39 is 5.91 Å². The molecule has 0 fully saturated rings. The maximum Gasteiger partial charge on any atom is 0.269 e. The number of fused-ring (bicyclic) bond motifs is 3. The number of benzene rings is 2. The first-order valence-electron chi connectivity index (χ1n) is 8.33. The zero-order chi connectivity index (χ0) is 20.7. The number of hydrogen-bond acceptors (Lipinski definition) is 6. The number of amides is 1. The summed E-state index contributed by atoms with van der Waals surface area (Å²) >= 11 is 9.96. The molecule has 0 radical (unpaired) electrons. The zero-order valence-electron chi connectivity index (χ0n) is 15.2. The number of carbonyl (C=O) groups excluding carboxylic acids is 1. The van der Waals surface area contributed by atoms with Crippen molar-refractivity contribution in [2.45, 2.75) is 0 Å². The molecule has 0 bridgehead atoms. The van der Waals surface area contributed by atoms with Gasteiger partial charge in [0.15, 0.2) is 3.95 Å². The lowest BCUT2D eigenvalue weighted by Crippen LogP contribution is -2.15. The summed E-state index contributed by atoms with van der Waals surface area (Å²) in [5.74, 6) is 0.637. The van der Waals surface area contributed by atoms with Gasteiger partial charge in [0.2, 0.25) is 0 Å². The van der Waals surface area contributed by atoms with E-state index in [1.165, 1.54) is 14.2 Å². The summed E-state index contributed by atoms with van der Waals surface area (Å²) < 4.78 is 13.4. The largest absolute Gasteiger partial charge is 0.497 e. The van der Waals surface area contributed by atoms with Gasteiger partial charge >= 0.3 is 0 Å². The molecule has 148 valence electrons. The lowest BCUT2D eigenvalue weighted by atomic mass is 10.2. The molecule has 0 unspecified atom stereocenters. The molecule has 0 spiro atoms. The molecule has 2 aromatic heterocycles. The zero-order valence-corrected chi connectivity index (χ0v) is 18.5. The molecule has 1 amide bonds. The highest BCUT2D eigenvalue weighted by Gasteiger charge is 2.19. The first-order chi connectivity index (χ1) is 13.9. The van der Waals surface area contributed by atoms with Crippen LogP contribution in [-0.4, -0.2) is 29.5 Å². The number of rotatable bonds is 4. The van der Waals surface area contributed by atoms with Crippen LogP contribution in [0.4, 0.5) is 5.69 Å². The fourth-order valence-corrected chi connectivity index (χ4v) is 4.65. The number of nitrogens with zero attached hydrogens (tertiary/aromatic N) is 1. The summed E-state index contributed by atoms with van der Waals surface area (Å²) in [4.78, 5) is 28.7. The molecule has 2 aromatic carbocycles. The lowest BCUT2D eigenvalue weighted by Gasteiger charge is -2.11. The van der Waals surface area contributed by atoms with Crippen LogP contribution in [0.5, 0.6) is 11.5 Å². The monoisotopic (exact) mass is 491 g/mol. The van der Waals surface area contributed by atoms with Gasteiger partial charge in [-0.15, -0.1) is 0 Å². The van der Waals surface area contributed by atoms with Crippen molar-refractivity contribution in [1.29, 1.82) is 0 Å². The minimum atomic E-state index is -0.415. The summed E-state index contributed by atoms with van der Waals surface area (Å²) in [6, 6.07) is 10.4. The van der Waals surface area contributed by atoms with Crippen LogP contribution in [0, 0.1) is 3.95 Å². The Morgan fingerprint density at radius 3 is 2.72 bits per heavy atom. The third-order valence-corrected chi connectivity index (χ3v) is 6.21. The van der Waals surface area contributed by atoms with Crippen molar-refractivity contribution in [1.82, 2.24) is 9.38 Å². The second kappa shape index (κ2) is 7.62. The third kappa shape index (κ3) is 3.43. The topological polar surface area (TPSA) is 84.8 Å². The van der Waals surface area contributed by atoms with Crippen LogP contribution in [0.3, 0.4) is 0 Å². The predicted octanol–water partition coefficient (Wildman–Crippen LogP) is 4.60. The Morgan fingerprint density at radius 1 is 1.21 bits per heavy atom. The average Bonchev–Trinajstić information content (AvgIpc) is 3.04. The first-order valence-corrected chi connectivity index (χ1v) is 10.3. The molecule has 10 heteroatoms. The van der Waals surface area contributed by atoms with Crippen LogP contribution in [-0.2, 0) is 0 Å². The van der Waals surface area contributed by atoms with Gasteiger partial charge < -0.3 is 19.8 Å². The molecule has 0 saturated heterocycles. The van der Waals surface area contributed by atoms with Gasteiger partial charge in [0.25, 0.3) is 11.5 Å². The summed E-state index contributed by atoms with van der Waals surface area (Å²) in [7, 11) is 3.05. The van der Waals surface area contributed by atoms with Crippen molar-refractivity contribution in [3.63, 3.8) is 0 Å². The highest BCUT2D eigenvalue weighted by molar-refractivity contribution is 9.10. The van der Waals surface area contributed by atoms with Gasteiger partial charge in [-0.05, 0) is 42.5 Å². The number of halogens is 1. The van der Waals surface area contributed by atoms with E-state index in [4.69, 9.17) is 21.7 Å². The fraction of sp³-hybridized carbons (Fsp3) is 0.105. The fourth-order valence-electron chi connectivity index (χ4n) is 3.01. The molecular weight excluding hydrogens is 478 g/mol. The number of thiazole rings is 1. The minimum Gasteiger partial charge on any atom is -0.497 e. The number of aromatic amines is 1. The summed E-state index contributed by atoms with van der Waals surface area (Å²) in [6.45, 7) is 0. The Bertz CT molecular complexity index is 1390. The van der Waals surface area contributed by atoms with Gasteiger partial charge in [0.05, 0.1) is 30.8 Å². The second-order valence-corrected chi connectivity index (χ2v) is 8.58. The Kier molecular flexibility index (Phi) is 5.15. The number of ether oxygens (including phenoxy) is 2. The van der Waals surface area contributed by atoms with E-state index >= 15 is 0 Å². The maximum atomic E-state index is 13.0. The van der Waals surface area contributed by atoms with E-state index in [2.05, 4.69) is 26.2 Å². The van der Waals surface area contributed by atoms with Crippen molar-refractivity contribution >= 4 is 67.6 Å². The average molecular weight is 492 g/mol. The van der Waals surface area contributed by atoms with Crippen molar-refractivity contribution in [3.05, 3.63) is 60.1 Å². The van der Waals surface area contributed by atoms with Gasteiger partial charge in [-0.2, -0.15) is 0 Å².